The second-order valence-corrected chi connectivity index (χ2v) is 6.96. The molecule has 0 atom stereocenters. The van der Waals surface area contributed by atoms with Gasteiger partial charge in [0.05, 0.1) is 0 Å². The smallest absolute Gasteiger partial charge is 0.323 e. The van der Waals surface area contributed by atoms with E-state index in [2.05, 4.69) is 10.3 Å². The molecule has 0 aliphatic heterocycles. The van der Waals surface area contributed by atoms with Gasteiger partial charge in [-0.25, -0.2) is 4.98 Å². The third-order valence-corrected chi connectivity index (χ3v) is 5.16. The van der Waals surface area contributed by atoms with Crippen LogP contribution in [0, 0.1) is 6.92 Å². The van der Waals surface area contributed by atoms with E-state index < -0.39 is 11.5 Å². The molecule has 6 nitrogen and oxygen atoms in total. The van der Waals surface area contributed by atoms with Crippen LogP contribution in [0.1, 0.15) is 30.5 Å². The zero-order valence-corrected chi connectivity index (χ0v) is 14.7. The van der Waals surface area contributed by atoms with Gasteiger partial charge in [-0.1, -0.05) is 30.2 Å². The number of aryl methyl sites for hydroxylation is 1. The van der Waals surface area contributed by atoms with Crippen molar-refractivity contribution in [2.75, 3.05) is 11.9 Å². The van der Waals surface area contributed by atoms with Gasteiger partial charge in [-0.2, -0.15) is 0 Å². The number of carbonyl (C=O) groups is 1. The van der Waals surface area contributed by atoms with Crippen molar-refractivity contribution in [3.63, 3.8) is 0 Å². The molecular formula is C18H20ClN3O3. The lowest BCUT2D eigenvalue weighted by Crippen LogP contribution is -2.42. The fourth-order valence-electron chi connectivity index (χ4n) is 3.25. The average molecular weight is 362 g/mol. The minimum Gasteiger partial charge on any atom is -0.480 e. The van der Waals surface area contributed by atoms with Gasteiger partial charge in [0.15, 0.2) is 5.82 Å². The number of hydrogen-bond acceptors (Lipinski definition) is 4. The molecule has 0 amide bonds. The first-order valence-electron chi connectivity index (χ1n) is 8.19. The zero-order chi connectivity index (χ0) is 18.0. The number of rotatable bonds is 6. The van der Waals surface area contributed by atoms with Crippen molar-refractivity contribution < 1.29 is 9.90 Å². The molecule has 0 unspecified atom stereocenters. The van der Waals surface area contributed by atoms with Crippen LogP contribution >= 0.6 is 11.6 Å². The van der Waals surface area contributed by atoms with Gasteiger partial charge >= 0.3 is 5.97 Å². The van der Waals surface area contributed by atoms with E-state index >= 15 is 0 Å². The number of benzene rings is 1. The number of carboxylic acids is 1. The Morgan fingerprint density at radius 3 is 2.60 bits per heavy atom. The molecule has 1 heterocycles. The Hall–Kier alpha value is -2.34. The Bertz CT molecular complexity index is 842. The summed E-state index contributed by atoms with van der Waals surface area (Å²) in [6.45, 7) is 1.87. The summed E-state index contributed by atoms with van der Waals surface area (Å²) in [6.07, 6.45) is 4.70. The van der Waals surface area contributed by atoms with Crippen LogP contribution in [0.4, 0.5) is 5.82 Å². The first kappa shape index (κ1) is 17.5. The maximum atomic E-state index is 12.5. The highest BCUT2D eigenvalue weighted by molar-refractivity contribution is 6.30. The summed E-state index contributed by atoms with van der Waals surface area (Å²) in [5.74, 6) is -0.869. The molecule has 132 valence electrons. The lowest BCUT2D eigenvalue weighted by atomic mass is 9.64. The number of aromatic nitrogens is 2. The van der Waals surface area contributed by atoms with Crippen molar-refractivity contribution in [1.29, 1.82) is 0 Å². The molecule has 3 rings (SSSR count). The van der Waals surface area contributed by atoms with E-state index in [1.165, 1.54) is 16.3 Å². The number of halogens is 1. The summed E-state index contributed by atoms with van der Waals surface area (Å²) in [4.78, 5) is 27.6. The molecule has 2 N–H and O–H groups in total. The number of carboxylic acid groups (broad SMARTS) is 1. The molecule has 2 aromatic rings. The molecule has 1 saturated carbocycles. The van der Waals surface area contributed by atoms with Gasteiger partial charge in [-0.3, -0.25) is 14.2 Å². The van der Waals surface area contributed by atoms with Crippen molar-refractivity contribution in [3.8, 4) is 0 Å². The second-order valence-electron chi connectivity index (χ2n) is 6.53. The predicted octanol–water partition coefficient (Wildman–Crippen LogP) is 2.82. The SMILES string of the molecule is Cc1cnc(NCC2(c3ccc(Cl)cc3)CCC2)c(=O)n1CC(=O)O. The normalized spacial score (nSPS) is 15.4. The van der Waals surface area contributed by atoms with Gasteiger partial charge in [0.2, 0.25) is 0 Å². The Morgan fingerprint density at radius 1 is 1.36 bits per heavy atom. The largest absolute Gasteiger partial charge is 0.480 e. The molecule has 7 heteroatoms. The zero-order valence-electron chi connectivity index (χ0n) is 14.0. The topological polar surface area (TPSA) is 84.2 Å². The Balaban J connectivity index is 1.82. The van der Waals surface area contributed by atoms with Gasteiger partial charge in [0, 0.05) is 28.9 Å². The summed E-state index contributed by atoms with van der Waals surface area (Å²) in [5.41, 5.74) is 1.26. The minimum atomic E-state index is -1.06. The lowest BCUT2D eigenvalue weighted by Gasteiger charge is -2.42. The molecule has 25 heavy (non-hydrogen) atoms. The molecule has 0 radical (unpaired) electrons. The predicted molar refractivity (Wildman–Crippen MR) is 96.3 cm³/mol. The third-order valence-electron chi connectivity index (χ3n) is 4.91. The molecule has 0 spiro atoms. The van der Waals surface area contributed by atoms with Gasteiger partial charge < -0.3 is 10.4 Å². The van der Waals surface area contributed by atoms with Gasteiger partial charge in [0.25, 0.3) is 5.56 Å². The number of nitrogens with one attached hydrogen (secondary N) is 1. The highest BCUT2D eigenvalue weighted by Crippen LogP contribution is 2.43. The van der Waals surface area contributed by atoms with Crippen LogP contribution in [-0.4, -0.2) is 27.2 Å². The molecular weight excluding hydrogens is 342 g/mol. The van der Waals surface area contributed by atoms with Crippen molar-refractivity contribution in [3.05, 3.63) is 57.1 Å². The molecule has 1 aromatic heterocycles. The number of aliphatic carboxylic acids is 1. The average Bonchev–Trinajstić information content (AvgIpc) is 2.53. The number of hydrogen-bond donors (Lipinski definition) is 2. The fourth-order valence-corrected chi connectivity index (χ4v) is 3.38. The summed E-state index contributed by atoms with van der Waals surface area (Å²) in [5, 5.41) is 12.8. The maximum Gasteiger partial charge on any atom is 0.323 e. The quantitative estimate of drug-likeness (QED) is 0.826. The Kier molecular flexibility index (Phi) is 4.81. The minimum absolute atomic E-state index is 0.0405. The van der Waals surface area contributed by atoms with Crippen molar-refractivity contribution in [2.45, 2.75) is 38.1 Å². The van der Waals surface area contributed by atoms with E-state index in [1.54, 1.807) is 6.92 Å². The summed E-state index contributed by atoms with van der Waals surface area (Å²) < 4.78 is 1.22. The van der Waals surface area contributed by atoms with E-state index in [0.29, 0.717) is 17.3 Å². The Morgan fingerprint density at radius 2 is 2.04 bits per heavy atom. The molecule has 1 aromatic carbocycles. The standard InChI is InChI=1S/C18H20ClN3O3/c1-12-9-20-16(17(25)22(12)10-15(23)24)21-11-18(7-2-8-18)13-3-5-14(19)6-4-13/h3-6,9H,2,7-8,10-11H2,1H3,(H,20,21)(H,23,24). The highest BCUT2D eigenvalue weighted by atomic mass is 35.5. The van der Waals surface area contributed by atoms with Crippen LogP contribution in [0.3, 0.4) is 0 Å². The van der Waals surface area contributed by atoms with Crippen LogP contribution in [0.2, 0.25) is 5.02 Å². The van der Waals surface area contributed by atoms with Crippen LogP contribution in [0.25, 0.3) is 0 Å². The van der Waals surface area contributed by atoms with E-state index in [-0.39, 0.29) is 17.8 Å². The summed E-state index contributed by atoms with van der Waals surface area (Å²) in [7, 11) is 0. The van der Waals surface area contributed by atoms with E-state index in [1.807, 2.05) is 24.3 Å². The monoisotopic (exact) mass is 361 g/mol. The van der Waals surface area contributed by atoms with Crippen molar-refractivity contribution >= 4 is 23.4 Å². The number of nitrogens with zero attached hydrogens (tertiary/aromatic N) is 2. The molecule has 0 bridgehead atoms. The van der Waals surface area contributed by atoms with Gasteiger partial charge in [-0.15, -0.1) is 0 Å². The molecule has 0 saturated heterocycles. The second kappa shape index (κ2) is 6.88. The molecule has 1 aliphatic rings. The maximum absolute atomic E-state index is 12.5. The molecule has 1 fully saturated rings. The van der Waals surface area contributed by atoms with E-state index in [0.717, 1.165) is 19.3 Å². The van der Waals surface area contributed by atoms with Crippen LogP contribution in [-0.2, 0) is 16.8 Å². The van der Waals surface area contributed by atoms with E-state index in [4.69, 9.17) is 16.7 Å². The third kappa shape index (κ3) is 3.54. The van der Waals surface area contributed by atoms with Crippen molar-refractivity contribution in [2.24, 2.45) is 0 Å². The summed E-state index contributed by atoms with van der Waals surface area (Å²) >= 11 is 5.97. The first-order valence-corrected chi connectivity index (χ1v) is 8.57. The fraction of sp³-hybridized carbons (Fsp3) is 0.389. The summed E-state index contributed by atoms with van der Waals surface area (Å²) in [6, 6.07) is 7.80. The highest BCUT2D eigenvalue weighted by Gasteiger charge is 2.38. The lowest BCUT2D eigenvalue weighted by molar-refractivity contribution is -0.137. The number of anilines is 1. The molecule has 1 aliphatic carbocycles. The van der Waals surface area contributed by atoms with Crippen molar-refractivity contribution in [1.82, 2.24) is 9.55 Å². The first-order chi connectivity index (χ1) is 11.9. The van der Waals surface area contributed by atoms with Crippen LogP contribution in [0.15, 0.2) is 35.3 Å². The van der Waals surface area contributed by atoms with Crippen LogP contribution in [0.5, 0.6) is 0 Å². The van der Waals surface area contributed by atoms with Gasteiger partial charge in [0.1, 0.15) is 6.54 Å². The van der Waals surface area contributed by atoms with E-state index in [9.17, 15) is 9.59 Å². The Labute approximate surface area is 150 Å². The van der Waals surface area contributed by atoms with Crippen LogP contribution < -0.4 is 10.9 Å². The van der Waals surface area contributed by atoms with Gasteiger partial charge in [-0.05, 0) is 37.5 Å².